The van der Waals surface area contributed by atoms with Crippen molar-refractivity contribution in [3.05, 3.63) is 64.3 Å². The summed E-state index contributed by atoms with van der Waals surface area (Å²) >= 11 is 0. The van der Waals surface area contributed by atoms with Crippen molar-refractivity contribution in [1.82, 2.24) is 0 Å². The third-order valence-electron chi connectivity index (χ3n) is 4.48. The first kappa shape index (κ1) is 24.5. The van der Waals surface area contributed by atoms with Crippen molar-refractivity contribution in [3.8, 4) is 0 Å². The summed E-state index contributed by atoms with van der Waals surface area (Å²) in [5.74, 6) is -0.768. The van der Waals surface area contributed by atoms with Gasteiger partial charge in [-0.05, 0) is 71.6 Å². The van der Waals surface area contributed by atoms with E-state index in [1.807, 2.05) is 13.0 Å². The van der Waals surface area contributed by atoms with Crippen LogP contribution in [-0.2, 0) is 6.18 Å². The Labute approximate surface area is 171 Å². The van der Waals surface area contributed by atoms with Crippen LogP contribution in [0.1, 0.15) is 69.3 Å². The molecule has 3 nitrogen and oxygen atoms in total. The summed E-state index contributed by atoms with van der Waals surface area (Å²) in [5, 5.41) is 2.88. The van der Waals surface area contributed by atoms with E-state index in [1.165, 1.54) is 11.1 Å². The Kier molecular flexibility index (Phi) is 9.72. The Morgan fingerprint density at radius 3 is 2.14 bits per heavy atom. The van der Waals surface area contributed by atoms with Crippen molar-refractivity contribution < 1.29 is 18.0 Å². The minimum Gasteiger partial charge on any atom is -0.381 e. The van der Waals surface area contributed by atoms with Crippen LogP contribution in [0.25, 0.3) is 0 Å². The van der Waals surface area contributed by atoms with Crippen LogP contribution < -0.4 is 11.1 Å². The van der Waals surface area contributed by atoms with E-state index < -0.39 is 17.6 Å². The van der Waals surface area contributed by atoms with Gasteiger partial charge in [0.1, 0.15) is 0 Å². The van der Waals surface area contributed by atoms with Gasteiger partial charge in [0.2, 0.25) is 0 Å². The van der Waals surface area contributed by atoms with Crippen molar-refractivity contribution in [2.75, 3.05) is 11.9 Å². The zero-order valence-electron chi connectivity index (χ0n) is 17.6. The van der Waals surface area contributed by atoms with Gasteiger partial charge in [0.25, 0.3) is 5.91 Å². The Bertz CT molecular complexity index is 786. The number of amides is 1. The van der Waals surface area contributed by atoms with Gasteiger partial charge in [-0.3, -0.25) is 4.79 Å². The molecule has 0 heterocycles. The van der Waals surface area contributed by atoms with Gasteiger partial charge >= 0.3 is 6.18 Å². The molecule has 0 aliphatic heterocycles. The molecule has 29 heavy (non-hydrogen) atoms. The molecule has 0 aromatic heterocycles. The number of rotatable bonds is 10. The number of benzene rings is 1. The van der Waals surface area contributed by atoms with Crippen LogP contribution in [-0.4, -0.2) is 12.5 Å². The predicted molar refractivity (Wildman–Crippen MR) is 114 cm³/mol. The number of nitrogens with one attached hydrogen (secondary N) is 1. The first-order chi connectivity index (χ1) is 13.5. The number of hydrogen-bond acceptors (Lipinski definition) is 2. The number of carbonyl (C=O) groups is 1. The fraction of sp³-hybridized carbons (Fsp3) is 0.435. The van der Waals surface area contributed by atoms with Crippen LogP contribution in [0.15, 0.2) is 53.1 Å². The van der Waals surface area contributed by atoms with Gasteiger partial charge in [0, 0.05) is 12.2 Å². The highest BCUT2D eigenvalue weighted by atomic mass is 19.4. The van der Waals surface area contributed by atoms with E-state index in [1.54, 1.807) is 0 Å². The number of nitrogens with two attached hydrogens (primary N) is 1. The van der Waals surface area contributed by atoms with Crippen molar-refractivity contribution >= 4 is 11.6 Å². The first-order valence-electron chi connectivity index (χ1n) is 9.70. The van der Waals surface area contributed by atoms with Crippen molar-refractivity contribution in [2.45, 2.75) is 59.6 Å². The van der Waals surface area contributed by atoms with Crippen molar-refractivity contribution in [2.24, 2.45) is 5.73 Å². The molecule has 1 aromatic carbocycles. The average molecular weight is 409 g/mol. The molecule has 0 saturated heterocycles. The highest BCUT2D eigenvalue weighted by molar-refractivity contribution is 5.98. The molecule has 1 amide bonds. The fourth-order valence-electron chi connectivity index (χ4n) is 2.76. The Hall–Kier alpha value is -2.50. The van der Waals surface area contributed by atoms with Gasteiger partial charge < -0.3 is 11.1 Å². The second kappa shape index (κ2) is 11.5. The summed E-state index contributed by atoms with van der Waals surface area (Å²) < 4.78 is 38.7. The lowest BCUT2D eigenvalue weighted by Gasteiger charge is -2.13. The standard InChI is InChI=1S/C23H31F3N2O/c1-16(2)7-5-8-17(3)9-6-10-18(4)13-14-28-21-15-19(23(24,25)26)11-12-20(21)22(27)29/h7,9,11-13,15,28H,5-6,8,10,14H2,1-4H3,(H2,27,29)/b17-9+,18-13+. The molecule has 6 heteroatoms. The van der Waals surface area contributed by atoms with Gasteiger partial charge in [0.05, 0.1) is 11.1 Å². The normalized spacial score (nSPS) is 12.7. The zero-order valence-corrected chi connectivity index (χ0v) is 17.6. The molecule has 0 unspecified atom stereocenters. The lowest BCUT2D eigenvalue weighted by Crippen LogP contribution is -2.16. The highest BCUT2D eigenvalue weighted by Crippen LogP contribution is 2.32. The van der Waals surface area contributed by atoms with Gasteiger partial charge in [-0.25, -0.2) is 0 Å². The van der Waals surface area contributed by atoms with E-state index in [2.05, 4.69) is 38.2 Å². The quantitative estimate of drug-likeness (QED) is 0.427. The van der Waals surface area contributed by atoms with E-state index in [4.69, 9.17) is 5.73 Å². The Balaban J connectivity index is 2.63. The molecule has 3 N–H and O–H groups in total. The first-order valence-corrected chi connectivity index (χ1v) is 9.70. The van der Waals surface area contributed by atoms with Crippen molar-refractivity contribution in [1.29, 1.82) is 0 Å². The molecule has 0 saturated carbocycles. The number of alkyl halides is 3. The molecule has 0 aliphatic carbocycles. The third-order valence-corrected chi connectivity index (χ3v) is 4.48. The molecule has 160 valence electrons. The number of hydrogen-bond donors (Lipinski definition) is 2. The second-order valence-corrected chi connectivity index (χ2v) is 7.46. The minimum atomic E-state index is -4.48. The second-order valence-electron chi connectivity index (χ2n) is 7.46. The Morgan fingerprint density at radius 2 is 1.59 bits per heavy atom. The van der Waals surface area contributed by atoms with Gasteiger partial charge in [-0.2, -0.15) is 13.2 Å². The molecule has 0 aliphatic rings. The molecular formula is C23H31F3N2O. The predicted octanol–water partition coefficient (Wildman–Crippen LogP) is 6.64. The summed E-state index contributed by atoms with van der Waals surface area (Å²) in [4.78, 5) is 11.5. The van der Waals surface area contributed by atoms with Crippen LogP contribution in [0.5, 0.6) is 0 Å². The van der Waals surface area contributed by atoms with Crippen LogP contribution in [0.3, 0.4) is 0 Å². The van der Waals surface area contributed by atoms with E-state index in [0.717, 1.165) is 49.5 Å². The maximum Gasteiger partial charge on any atom is 0.416 e. The Morgan fingerprint density at radius 1 is 1.00 bits per heavy atom. The summed E-state index contributed by atoms with van der Waals surface area (Å²) in [6.07, 6.45) is 5.75. The molecular weight excluding hydrogens is 377 g/mol. The smallest absolute Gasteiger partial charge is 0.381 e. The van der Waals surface area contributed by atoms with E-state index in [0.29, 0.717) is 6.54 Å². The van der Waals surface area contributed by atoms with E-state index in [9.17, 15) is 18.0 Å². The molecule has 0 fully saturated rings. The monoisotopic (exact) mass is 408 g/mol. The van der Waals surface area contributed by atoms with Crippen LogP contribution >= 0.6 is 0 Å². The molecule has 0 spiro atoms. The number of allylic oxidation sites excluding steroid dienone is 5. The number of carbonyl (C=O) groups excluding carboxylic acids is 1. The average Bonchev–Trinajstić information content (AvgIpc) is 2.60. The van der Waals surface area contributed by atoms with Crippen molar-refractivity contribution in [3.63, 3.8) is 0 Å². The number of anilines is 1. The van der Waals surface area contributed by atoms with E-state index in [-0.39, 0.29) is 11.3 Å². The van der Waals surface area contributed by atoms with Crippen LogP contribution in [0.2, 0.25) is 0 Å². The summed E-state index contributed by atoms with van der Waals surface area (Å²) in [6.45, 7) is 8.60. The molecule has 0 bridgehead atoms. The lowest BCUT2D eigenvalue weighted by atomic mass is 10.1. The van der Waals surface area contributed by atoms with E-state index >= 15 is 0 Å². The minimum absolute atomic E-state index is 0.0407. The molecule has 0 atom stereocenters. The van der Waals surface area contributed by atoms with Gasteiger partial charge in [-0.1, -0.05) is 34.9 Å². The van der Waals surface area contributed by atoms with Crippen LogP contribution in [0.4, 0.5) is 18.9 Å². The number of halogens is 3. The fourth-order valence-corrected chi connectivity index (χ4v) is 2.76. The zero-order chi connectivity index (χ0) is 22.0. The number of primary amides is 1. The molecule has 1 aromatic rings. The highest BCUT2D eigenvalue weighted by Gasteiger charge is 2.31. The maximum absolute atomic E-state index is 12.9. The summed E-state index contributed by atoms with van der Waals surface area (Å²) in [7, 11) is 0. The topological polar surface area (TPSA) is 55.1 Å². The lowest BCUT2D eigenvalue weighted by molar-refractivity contribution is -0.137. The maximum atomic E-state index is 12.9. The third kappa shape index (κ3) is 9.50. The summed E-state index contributed by atoms with van der Waals surface area (Å²) in [6, 6.07) is 2.88. The molecule has 1 rings (SSSR count). The van der Waals surface area contributed by atoms with Gasteiger partial charge in [0.15, 0.2) is 0 Å². The summed E-state index contributed by atoms with van der Waals surface area (Å²) in [5.41, 5.74) is 8.37. The SMILES string of the molecule is CC(C)=CCC/C(C)=C/CC/C(C)=C/CNc1cc(C(F)(F)F)ccc1C(N)=O. The molecule has 0 radical (unpaired) electrons. The largest absolute Gasteiger partial charge is 0.416 e. The van der Waals surface area contributed by atoms with Crippen LogP contribution in [0, 0.1) is 0 Å². The van der Waals surface area contributed by atoms with Gasteiger partial charge in [-0.15, -0.1) is 0 Å².